The minimum absolute atomic E-state index is 0.103. The molecule has 0 aliphatic carbocycles. The first-order valence-electron chi connectivity index (χ1n) is 4.69. The van der Waals surface area contributed by atoms with Crippen LogP contribution < -0.4 is 10.6 Å². The fraction of sp³-hybridized carbons (Fsp3) is 0.625. The van der Waals surface area contributed by atoms with Crippen LogP contribution in [0.1, 0.15) is 5.82 Å². The number of morpholine rings is 1. The summed E-state index contributed by atoms with van der Waals surface area (Å²) >= 11 is 0. The maximum Gasteiger partial charge on any atom is 0.328 e. The molecule has 0 aromatic carbocycles. The van der Waals surface area contributed by atoms with Gasteiger partial charge in [0, 0.05) is 13.1 Å². The number of carbonyl (C=O) groups excluding carboxylic acids is 1. The molecule has 7 heteroatoms. The smallest absolute Gasteiger partial charge is 0.328 e. The maximum atomic E-state index is 11.6. The number of hydrogen-bond donors (Lipinski definition) is 2. The molecule has 1 unspecified atom stereocenters. The van der Waals surface area contributed by atoms with E-state index in [2.05, 4.69) is 20.8 Å². The zero-order valence-electron chi connectivity index (χ0n) is 8.32. The van der Waals surface area contributed by atoms with Crippen LogP contribution in [-0.4, -0.2) is 41.8 Å². The standard InChI is InChI=1S/C8H12N4O3/c1-5-10-8(15-12-5)11-7(13)6-4-9-2-3-14-6/h6,9H,2-4H2,1H3,(H,10,11,12,13). The van der Waals surface area contributed by atoms with Crippen LogP contribution in [0.5, 0.6) is 0 Å². The number of rotatable bonds is 2. The van der Waals surface area contributed by atoms with E-state index < -0.39 is 6.10 Å². The Kier molecular flexibility index (Phi) is 2.93. The van der Waals surface area contributed by atoms with Gasteiger partial charge in [-0.1, -0.05) is 5.16 Å². The van der Waals surface area contributed by atoms with E-state index in [0.29, 0.717) is 19.0 Å². The Balaban J connectivity index is 1.91. The molecule has 1 atom stereocenters. The molecular weight excluding hydrogens is 200 g/mol. The Bertz CT molecular complexity index is 345. The first-order chi connectivity index (χ1) is 7.25. The zero-order valence-corrected chi connectivity index (χ0v) is 8.32. The Labute approximate surface area is 86.2 Å². The monoisotopic (exact) mass is 212 g/mol. The molecule has 0 radical (unpaired) electrons. The third-order valence-electron chi connectivity index (χ3n) is 1.98. The molecule has 0 saturated carbocycles. The number of amides is 1. The van der Waals surface area contributed by atoms with Crippen molar-refractivity contribution in [3.05, 3.63) is 5.82 Å². The molecular formula is C8H12N4O3. The van der Waals surface area contributed by atoms with E-state index in [0.717, 1.165) is 6.54 Å². The van der Waals surface area contributed by atoms with E-state index in [9.17, 15) is 4.79 Å². The lowest BCUT2D eigenvalue weighted by Gasteiger charge is -2.21. The first-order valence-corrected chi connectivity index (χ1v) is 4.69. The molecule has 1 aromatic rings. The highest BCUT2D eigenvalue weighted by atomic mass is 16.5. The zero-order chi connectivity index (χ0) is 10.7. The molecule has 2 heterocycles. The van der Waals surface area contributed by atoms with Crippen LogP contribution in [0.3, 0.4) is 0 Å². The molecule has 82 valence electrons. The summed E-state index contributed by atoms with van der Waals surface area (Å²) in [7, 11) is 0. The molecule has 0 bridgehead atoms. The third-order valence-corrected chi connectivity index (χ3v) is 1.98. The number of anilines is 1. The van der Waals surface area contributed by atoms with Crippen LogP contribution in [0.2, 0.25) is 0 Å². The van der Waals surface area contributed by atoms with Gasteiger partial charge < -0.3 is 14.6 Å². The summed E-state index contributed by atoms with van der Waals surface area (Å²) in [6, 6.07) is 0.103. The predicted molar refractivity (Wildman–Crippen MR) is 50.3 cm³/mol. The van der Waals surface area contributed by atoms with Crippen LogP contribution in [0.15, 0.2) is 4.52 Å². The van der Waals surface area contributed by atoms with E-state index >= 15 is 0 Å². The Morgan fingerprint density at radius 3 is 3.13 bits per heavy atom. The molecule has 2 rings (SSSR count). The van der Waals surface area contributed by atoms with Gasteiger partial charge in [-0.2, -0.15) is 4.98 Å². The van der Waals surface area contributed by atoms with Crippen molar-refractivity contribution in [2.24, 2.45) is 0 Å². The molecule has 1 fully saturated rings. The Morgan fingerprint density at radius 1 is 1.67 bits per heavy atom. The fourth-order valence-corrected chi connectivity index (χ4v) is 1.27. The van der Waals surface area contributed by atoms with E-state index in [1.54, 1.807) is 6.92 Å². The lowest BCUT2D eigenvalue weighted by Crippen LogP contribution is -2.45. The Morgan fingerprint density at radius 2 is 2.53 bits per heavy atom. The van der Waals surface area contributed by atoms with Crippen molar-refractivity contribution in [3.63, 3.8) is 0 Å². The number of ether oxygens (including phenoxy) is 1. The summed E-state index contributed by atoms with van der Waals surface area (Å²) < 4.78 is 10.0. The molecule has 1 saturated heterocycles. The molecule has 1 aliphatic heterocycles. The molecule has 1 amide bonds. The molecule has 2 N–H and O–H groups in total. The van der Waals surface area contributed by atoms with Gasteiger partial charge in [-0.05, 0) is 6.92 Å². The van der Waals surface area contributed by atoms with Crippen molar-refractivity contribution in [3.8, 4) is 0 Å². The first kappa shape index (κ1) is 10.1. The Hall–Kier alpha value is -1.47. The van der Waals surface area contributed by atoms with Crippen molar-refractivity contribution in [2.75, 3.05) is 25.0 Å². The van der Waals surface area contributed by atoms with Gasteiger partial charge in [-0.3, -0.25) is 10.1 Å². The number of nitrogens with zero attached hydrogens (tertiary/aromatic N) is 2. The average molecular weight is 212 g/mol. The molecule has 15 heavy (non-hydrogen) atoms. The lowest BCUT2D eigenvalue weighted by atomic mass is 10.3. The second kappa shape index (κ2) is 4.37. The number of nitrogens with one attached hydrogen (secondary N) is 2. The number of aromatic nitrogens is 2. The highest BCUT2D eigenvalue weighted by molar-refractivity contribution is 5.92. The highest BCUT2D eigenvalue weighted by Gasteiger charge is 2.23. The summed E-state index contributed by atoms with van der Waals surface area (Å²) in [6.07, 6.45) is -0.494. The number of aryl methyl sites for hydroxylation is 1. The number of carbonyl (C=O) groups is 1. The van der Waals surface area contributed by atoms with Gasteiger partial charge in [-0.25, -0.2) is 0 Å². The minimum Gasteiger partial charge on any atom is -0.366 e. The second-order valence-corrected chi connectivity index (χ2v) is 3.20. The van der Waals surface area contributed by atoms with E-state index in [1.807, 2.05) is 0 Å². The van der Waals surface area contributed by atoms with Crippen LogP contribution >= 0.6 is 0 Å². The van der Waals surface area contributed by atoms with E-state index in [-0.39, 0.29) is 11.9 Å². The number of hydrogen-bond acceptors (Lipinski definition) is 6. The summed E-state index contributed by atoms with van der Waals surface area (Å²) in [5.41, 5.74) is 0. The van der Waals surface area contributed by atoms with Gasteiger partial charge in [0.15, 0.2) is 5.82 Å². The van der Waals surface area contributed by atoms with Crippen LogP contribution in [0.4, 0.5) is 6.01 Å². The molecule has 0 spiro atoms. The van der Waals surface area contributed by atoms with E-state index in [4.69, 9.17) is 9.26 Å². The van der Waals surface area contributed by atoms with Gasteiger partial charge in [0.2, 0.25) is 0 Å². The summed E-state index contributed by atoms with van der Waals surface area (Å²) in [6.45, 7) is 3.47. The normalized spacial score (nSPS) is 21.3. The highest BCUT2D eigenvalue weighted by Crippen LogP contribution is 2.05. The van der Waals surface area contributed by atoms with Gasteiger partial charge >= 0.3 is 6.01 Å². The minimum atomic E-state index is -0.494. The van der Waals surface area contributed by atoms with Gasteiger partial charge in [0.25, 0.3) is 5.91 Å². The average Bonchev–Trinajstić information content (AvgIpc) is 2.65. The fourth-order valence-electron chi connectivity index (χ4n) is 1.27. The summed E-state index contributed by atoms with van der Waals surface area (Å²) in [5.74, 6) is 0.207. The van der Waals surface area contributed by atoms with Crippen molar-refractivity contribution >= 4 is 11.9 Å². The van der Waals surface area contributed by atoms with Crippen molar-refractivity contribution in [2.45, 2.75) is 13.0 Å². The quantitative estimate of drug-likeness (QED) is 0.674. The summed E-state index contributed by atoms with van der Waals surface area (Å²) in [5, 5.41) is 9.10. The lowest BCUT2D eigenvalue weighted by molar-refractivity contribution is -0.128. The van der Waals surface area contributed by atoms with Gasteiger partial charge in [-0.15, -0.1) is 0 Å². The van der Waals surface area contributed by atoms with Crippen molar-refractivity contribution in [1.82, 2.24) is 15.5 Å². The largest absolute Gasteiger partial charge is 0.366 e. The molecule has 1 aromatic heterocycles. The predicted octanol–water partition coefficient (Wildman–Crippen LogP) is -0.695. The molecule has 7 nitrogen and oxygen atoms in total. The van der Waals surface area contributed by atoms with Crippen LogP contribution in [0.25, 0.3) is 0 Å². The van der Waals surface area contributed by atoms with Gasteiger partial charge in [0.05, 0.1) is 6.61 Å². The van der Waals surface area contributed by atoms with E-state index in [1.165, 1.54) is 0 Å². The third kappa shape index (κ3) is 2.51. The van der Waals surface area contributed by atoms with Crippen LogP contribution in [-0.2, 0) is 9.53 Å². The topological polar surface area (TPSA) is 89.3 Å². The molecule has 1 aliphatic rings. The maximum absolute atomic E-state index is 11.6. The van der Waals surface area contributed by atoms with Gasteiger partial charge in [0.1, 0.15) is 6.10 Å². The van der Waals surface area contributed by atoms with Crippen molar-refractivity contribution in [1.29, 1.82) is 0 Å². The van der Waals surface area contributed by atoms with Crippen molar-refractivity contribution < 1.29 is 14.1 Å². The van der Waals surface area contributed by atoms with Crippen LogP contribution in [0, 0.1) is 6.92 Å². The SMILES string of the molecule is Cc1noc(NC(=O)C2CNCCO2)n1. The summed E-state index contributed by atoms with van der Waals surface area (Å²) in [4.78, 5) is 15.4. The second-order valence-electron chi connectivity index (χ2n) is 3.20.